The van der Waals surface area contributed by atoms with Gasteiger partial charge in [-0.3, -0.25) is 0 Å². The Labute approximate surface area is 83.8 Å². The van der Waals surface area contributed by atoms with Crippen LogP contribution in [0.4, 0.5) is 13.2 Å². The van der Waals surface area contributed by atoms with Crippen LogP contribution in [-0.4, -0.2) is 18.5 Å². The predicted octanol–water partition coefficient (Wildman–Crippen LogP) is 2.52. The zero-order valence-corrected chi connectivity index (χ0v) is 7.75. The molecule has 0 bridgehead atoms. The molecule has 0 aliphatic carbocycles. The van der Waals surface area contributed by atoms with Crippen LogP contribution in [-0.2, 0) is 6.18 Å². The zero-order chi connectivity index (χ0) is 11.5. The molecule has 0 aliphatic rings. The average molecular weight is 219 g/mol. The van der Waals surface area contributed by atoms with Gasteiger partial charge >= 0.3 is 6.18 Å². The molecule has 0 aromatic heterocycles. The van der Waals surface area contributed by atoms with Crippen LogP contribution in [0, 0.1) is 0 Å². The van der Waals surface area contributed by atoms with Crippen molar-refractivity contribution >= 4 is 6.21 Å². The van der Waals surface area contributed by atoms with E-state index in [2.05, 4.69) is 5.16 Å². The van der Waals surface area contributed by atoms with Crippen molar-refractivity contribution in [3.8, 4) is 5.75 Å². The molecule has 0 unspecified atom stereocenters. The van der Waals surface area contributed by atoms with E-state index in [1.165, 1.54) is 13.2 Å². The number of rotatable bonds is 2. The van der Waals surface area contributed by atoms with E-state index in [0.29, 0.717) is 0 Å². The van der Waals surface area contributed by atoms with Gasteiger partial charge < -0.3 is 9.94 Å². The lowest BCUT2D eigenvalue weighted by Gasteiger charge is -2.09. The van der Waals surface area contributed by atoms with Crippen LogP contribution in [0.1, 0.15) is 11.1 Å². The third-order valence-corrected chi connectivity index (χ3v) is 1.76. The lowest BCUT2D eigenvalue weighted by molar-refractivity contribution is -0.137. The van der Waals surface area contributed by atoms with Crippen molar-refractivity contribution in [1.82, 2.24) is 0 Å². The Bertz CT molecular complexity index is 374. The van der Waals surface area contributed by atoms with Crippen molar-refractivity contribution in [1.29, 1.82) is 0 Å². The van der Waals surface area contributed by atoms with E-state index >= 15 is 0 Å². The van der Waals surface area contributed by atoms with Crippen LogP contribution in [0.2, 0.25) is 0 Å². The van der Waals surface area contributed by atoms with E-state index in [0.717, 1.165) is 18.3 Å². The number of nitrogens with zero attached hydrogens (tertiary/aromatic N) is 1. The molecule has 0 saturated carbocycles. The zero-order valence-electron chi connectivity index (χ0n) is 7.75. The Morgan fingerprint density at radius 1 is 1.40 bits per heavy atom. The molecular formula is C9H8F3NO2. The van der Waals surface area contributed by atoms with Crippen molar-refractivity contribution < 1.29 is 23.1 Å². The van der Waals surface area contributed by atoms with E-state index in [1.54, 1.807) is 0 Å². The summed E-state index contributed by atoms with van der Waals surface area (Å²) in [5.74, 6) is 0.00243. The fraction of sp³-hybridized carbons (Fsp3) is 0.222. The molecule has 1 rings (SSSR count). The SMILES string of the molecule is COc1cc(C(F)(F)F)ccc1/C=N\O. The Morgan fingerprint density at radius 3 is 2.53 bits per heavy atom. The molecule has 3 nitrogen and oxygen atoms in total. The summed E-state index contributed by atoms with van der Waals surface area (Å²) in [4.78, 5) is 0. The maximum absolute atomic E-state index is 12.3. The minimum absolute atomic E-state index is 0.00243. The number of hydrogen-bond donors (Lipinski definition) is 1. The Morgan fingerprint density at radius 2 is 2.07 bits per heavy atom. The van der Waals surface area contributed by atoms with Crippen molar-refractivity contribution in [3.63, 3.8) is 0 Å². The van der Waals surface area contributed by atoms with Crippen LogP contribution in [0.3, 0.4) is 0 Å². The van der Waals surface area contributed by atoms with Crippen LogP contribution in [0.5, 0.6) is 5.75 Å². The first-order valence-corrected chi connectivity index (χ1v) is 3.91. The molecule has 0 amide bonds. The highest BCUT2D eigenvalue weighted by molar-refractivity contribution is 5.83. The molecule has 1 aromatic rings. The predicted molar refractivity (Wildman–Crippen MR) is 47.4 cm³/mol. The van der Waals surface area contributed by atoms with Gasteiger partial charge in [0.25, 0.3) is 0 Å². The van der Waals surface area contributed by atoms with Crippen LogP contribution >= 0.6 is 0 Å². The maximum atomic E-state index is 12.3. The number of alkyl halides is 3. The monoisotopic (exact) mass is 219 g/mol. The second kappa shape index (κ2) is 4.20. The highest BCUT2D eigenvalue weighted by Gasteiger charge is 2.31. The third-order valence-electron chi connectivity index (χ3n) is 1.76. The summed E-state index contributed by atoms with van der Waals surface area (Å²) in [6.07, 6.45) is -3.42. The lowest BCUT2D eigenvalue weighted by Crippen LogP contribution is -2.05. The highest BCUT2D eigenvalue weighted by Crippen LogP contribution is 2.32. The van der Waals surface area contributed by atoms with Crippen LogP contribution in [0.15, 0.2) is 23.4 Å². The second-order valence-corrected chi connectivity index (χ2v) is 2.70. The number of ether oxygens (including phenoxy) is 1. The van der Waals surface area contributed by atoms with Gasteiger partial charge in [-0.15, -0.1) is 0 Å². The van der Waals surface area contributed by atoms with Crippen molar-refractivity contribution in [2.45, 2.75) is 6.18 Å². The number of hydrogen-bond acceptors (Lipinski definition) is 3. The van der Waals surface area contributed by atoms with E-state index < -0.39 is 11.7 Å². The van der Waals surface area contributed by atoms with Crippen molar-refractivity contribution in [3.05, 3.63) is 29.3 Å². The van der Waals surface area contributed by atoms with Crippen LogP contribution in [0.25, 0.3) is 0 Å². The molecule has 0 fully saturated rings. The Kier molecular flexibility index (Phi) is 3.18. The van der Waals surface area contributed by atoms with Crippen molar-refractivity contribution in [2.75, 3.05) is 7.11 Å². The topological polar surface area (TPSA) is 41.8 Å². The number of halogens is 3. The van der Waals surface area contributed by atoms with E-state index in [-0.39, 0.29) is 11.3 Å². The molecule has 1 aromatic carbocycles. The van der Waals surface area contributed by atoms with Gasteiger partial charge in [0.1, 0.15) is 5.75 Å². The van der Waals surface area contributed by atoms with Crippen LogP contribution < -0.4 is 4.74 Å². The molecule has 15 heavy (non-hydrogen) atoms. The molecule has 6 heteroatoms. The first kappa shape index (κ1) is 11.4. The molecule has 0 saturated heterocycles. The summed E-state index contributed by atoms with van der Waals surface area (Å²) in [6.45, 7) is 0. The standard InChI is InChI=1S/C9H8F3NO2/c1-15-8-4-7(9(10,11)12)3-2-6(8)5-13-14/h2-5,14H,1H3/b13-5-. The Balaban J connectivity index is 3.19. The minimum atomic E-state index is -4.41. The van der Waals surface area contributed by atoms with Gasteiger partial charge in [0.15, 0.2) is 0 Å². The molecule has 0 heterocycles. The van der Waals surface area contributed by atoms with Gasteiger partial charge in [-0.25, -0.2) is 0 Å². The second-order valence-electron chi connectivity index (χ2n) is 2.70. The summed E-state index contributed by atoms with van der Waals surface area (Å²) < 4.78 is 41.6. The molecule has 82 valence electrons. The summed E-state index contributed by atoms with van der Waals surface area (Å²) in [7, 11) is 1.24. The maximum Gasteiger partial charge on any atom is 0.416 e. The highest BCUT2D eigenvalue weighted by atomic mass is 19.4. The number of oxime groups is 1. The van der Waals surface area contributed by atoms with Gasteiger partial charge in [0, 0.05) is 5.56 Å². The smallest absolute Gasteiger partial charge is 0.416 e. The average Bonchev–Trinajstić information content (AvgIpc) is 2.17. The van der Waals surface area contributed by atoms with E-state index in [9.17, 15) is 13.2 Å². The van der Waals surface area contributed by atoms with Crippen molar-refractivity contribution in [2.24, 2.45) is 5.16 Å². The third kappa shape index (κ3) is 2.61. The van der Waals surface area contributed by atoms with Gasteiger partial charge in [-0.2, -0.15) is 13.2 Å². The van der Waals surface area contributed by atoms with Gasteiger partial charge in [-0.1, -0.05) is 5.16 Å². The largest absolute Gasteiger partial charge is 0.496 e. The molecule has 1 N–H and O–H groups in total. The van der Waals surface area contributed by atoms with E-state index in [4.69, 9.17) is 9.94 Å². The fourth-order valence-electron chi connectivity index (χ4n) is 1.06. The van der Waals surface area contributed by atoms with Gasteiger partial charge in [0.2, 0.25) is 0 Å². The normalized spacial score (nSPS) is 12.0. The van der Waals surface area contributed by atoms with Gasteiger partial charge in [0.05, 0.1) is 18.9 Å². The number of methoxy groups -OCH3 is 1. The quantitative estimate of drug-likeness (QED) is 0.471. The number of benzene rings is 1. The molecule has 0 atom stereocenters. The molecule has 0 radical (unpaired) electrons. The van der Waals surface area contributed by atoms with E-state index in [1.807, 2.05) is 0 Å². The summed E-state index contributed by atoms with van der Waals surface area (Å²) in [5.41, 5.74) is -0.539. The molecule has 0 spiro atoms. The lowest BCUT2D eigenvalue weighted by atomic mass is 10.1. The summed E-state index contributed by atoms with van der Waals surface area (Å²) >= 11 is 0. The minimum Gasteiger partial charge on any atom is -0.496 e. The summed E-state index contributed by atoms with van der Waals surface area (Å²) in [6, 6.07) is 2.90. The van der Waals surface area contributed by atoms with Gasteiger partial charge in [-0.05, 0) is 18.2 Å². The molecular weight excluding hydrogens is 211 g/mol. The fourth-order valence-corrected chi connectivity index (χ4v) is 1.06. The molecule has 0 aliphatic heterocycles. The first-order chi connectivity index (χ1) is 6.99. The Hall–Kier alpha value is -1.72. The summed E-state index contributed by atoms with van der Waals surface area (Å²) in [5, 5.41) is 11.0. The first-order valence-electron chi connectivity index (χ1n) is 3.91.